The summed E-state index contributed by atoms with van der Waals surface area (Å²) in [6.07, 6.45) is 8.19. The molecule has 4 aromatic carbocycles. The number of nitrogens with zero attached hydrogens (tertiary/aromatic N) is 1. The van der Waals surface area contributed by atoms with Crippen LogP contribution >= 0.6 is 0 Å². The fourth-order valence-electron chi connectivity index (χ4n) is 6.76. The van der Waals surface area contributed by atoms with Crippen molar-refractivity contribution in [3.8, 4) is 0 Å². The largest absolute Gasteiger partial charge is 0.338 e. The van der Waals surface area contributed by atoms with E-state index in [0.29, 0.717) is 12.0 Å². The van der Waals surface area contributed by atoms with Crippen molar-refractivity contribution < 1.29 is 0 Å². The highest BCUT2D eigenvalue weighted by atomic mass is 15.0. The predicted octanol–water partition coefficient (Wildman–Crippen LogP) is 9.78. The zero-order valence-electron chi connectivity index (χ0n) is 21.9. The summed E-state index contributed by atoms with van der Waals surface area (Å²) >= 11 is 0. The minimum absolute atomic E-state index is 0.202. The van der Waals surface area contributed by atoms with Gasteiger partial charge in [0.15, 0.2) is 0 Å². The van der Waals surface area contributed by atoms with Gasteiger partial charge < -0.3 is 4.57 Å². The van der Waals surface area contributed by atoms with E-state index in [1.165, 1.54) is 66.0 Å². The van der Waals surface area contributed by atoms with E-state index < -0.39 is 0 Å². The van der Waals surface area contributed by atoms with Gasteiger partial charge in [0.2, 0.25) is 0 Å². The molecule has 0 N–H and O–H groups in total. The van der Waals surface area contributed by atoms with Crippen LogP contribution < -0.4 is 0 Å². The Balaban J connectivity index is 1.42. The minimum atomic E-state index is 0.202. The molecule has 1 atom stereocenters. The normalized spacial score (nSPS) is 16.9. The zero-order chi connectivity index (χ0) is 24.8. The van der Waals surface area contributed by atoms with E-state index in [1.54, 1.807) is 0 Å². The van der Waals surface area contributed by atoms with Gasteiger partial charge in [-0.3, -0.25) is 0 Å². The molecule has 1 aromatic heterocycles. The number of hydrogen-bond donors (Lipinski definition) is 0. The molecular formula is C35H33N. The van der Waals surface area contributed by atoms with Crippen LogP contribution in [0.1, 0.15) is 74.4 Å². The molecule has 1 heteroatoms. The molecule has 178 valence electrons. The standard InChI is InChI=1S/C35H33N/c1-21(2)36-31-9-7-6-8-27(31)28-15-12-23(20-32(28)36)26-18-24-11-10-22-14-17-30(35(3,4)5)29-16-13-25(19-26)33(24)34(22)29/h6-17,19-21,30H,18H2,1-5H3. The Morgan fingerprint density at radius 3 is 2.39 bits per heavy atom. The maximum absolute atomic E-state index is 2.50. The van der Waals surface area contributed by atoms with Crippen LogP contribution in [0.3, 0.4) is 0 Å². The maximum atomic E-state index is 2.50. The van der Waals surface area contributed by atoms with Gasteiger partial charge in [0.05, 0.1) is 0 Å². The van der Waals surface area contributed by atoms with Gasteiger partial charge in [0, 0.05) is 33.8 Å². The van der Waals surface area contributed by atoms with Crippen molar-refractivity contribution in [2.45, 2.75) is 53.0 Å². The van der Waals surface area contributed by atoms with Crippen molar-refractivity contribution in [1.29, 1.82) is 0 Å². The Morgan fingerprint density at radius 1 is 0.806 bits per heavy atom. The molecule has 36 heavy (non-hydrogen) atoms. The third kappa shape index (κ3) is 3.02. The number of para-hydroxylation sites is 1. The molecule has 5 aromatic rings. The lowest BCUT2D eigenvalue weighted by atomic mass is 9.71. The van der Waals surface area contributed by atoms with E-state index in [-0.39, 0.29) is 5.41 Å². The summed E-state index contributed by atoms with van der Waals surface area (Å²) in [5.41, 5.74) is 11.3. The summed E-state index contributed by atoms with van der Waals surface area (Å²) in [7, 11) is 0. The van der Waals surface area contributed by atoms with Crippen LogP contribution in [-0.4, -0.2) is 4.57 Å². The van der Waals surface area contributed by atoms with Gasteiger partial charge in [-0.25, -0.2) is 0 Å². The van der Waals surface area contributed by atoms with Crippen molar-refractivity contribution in [1.82, 2.24) is 4.57 Å². The monoisotopic (exact) mass is 467 g/mol. The summed E-state index contributed by atoms with van der Waals surface area (Å²) in [6.45, 7) is 11.6. The van der Waals surface area contributed by atoms with E-state index >= 15 is 0 Å². The highest BCUT2D eigenvalue weighted by molar-refractivity contribution is 6.10. The molecule has 1 unspecified atom stereocenters. The molecule has 0 bridgehead atoms. The molecule has 2 aliphatic rings. The molecule has 0 radical (unpaired) electrons. The van der Waals surface area contributed by atoms with Gasteiger partial charge in [-0.2, -0.15) is 0 Å². The Bertz CT molecular complexity index is 1760. The number of benzene rings is 4. The molecule has 7 rings (SSSR count). The Labute approximate surface area is 213 Å². The second kappa shape index (κ2) is 7.46. The summed E-state index contributed by atoms with van der Waals surface area (Å²) in [5, 5.41) is 5.62. The van der Waals surface area contributed by atoms with Crippen LogP contribution in [-0.2, 0) is 6.42 Å². The van der Waals surface area contributed by atoms with E-state index in [2.05, 4.69) is 124 Å². The first-order valence-corrected chi connectivity index (χ1v) is 13.3. The van der Waals surface area contributed by atoms with Crippen LogP contribution in [0, 0.1) is 5.41 Å². The average molecular weight is 468 g/mol. The first kappa shape index (κ1) is 21.7. The van der Waals surface area contributed by atoms with Gasteiger partial charge in [0.1, 0.15) is 0 Å². The molecule has 2 aliphatic carbocycles. The van der Waals surface area contributed by atoms with Gasteiger partial charge >= 0.3 is 0 Å². The SMILES string of the molecule is CC(C)n1c2ccccc2c2ccc(C3=Cc4ccc5c6c(ccc(c46)C3)C=CC5C(C)(C)C)cc21. The van der Waals surface area contributed by atoms with Gasteiger partial charge in [-0.05, 0) is 82.0 Å². The molecule has 0 spiro atoms. The Kier molecular flexibility index (Phi) is 4.49. The molecular weight excluding hydrogens is 434 g/mol. The number of hydrogen-bond acceptors (Lipinski definition) is 0. The number of fused-ring (bicyclic) bond motifs is 3. The van der Waals surface area contributed by atoms with E-state index in [0.717, 1.165) is 6.42 Å². The number of rotatable bonds is 2. The topological polar surface area (TPSA) is 4.93 Å². The van der Waals surface area contributed by atoms with Gasteiger partial charge in [-0.1, -0.05) is 93.6 Å². The fraction of sp³-hybridized carbons (Fsp3) is 0.257. The van der Waals surface area contributed by atoms with Crippen molar-refractivity contribution in [3.63, 3.8) is 0 Å². The second-order valence-corrected chi connectivity index (χ2v) is 12.1. The number of aromatic nitrogens is 1. The van der Waals surface area contributed by atoms with Crippen molar-refractivity contribution in [2.24, 2.45) is 5.41 Å². The van der Waals surface area contributed by atoms with E-state index in [4.69, 9.17) is 0 Å². The van der Waals surface area contributed by atoms with Crippen LogP contribution in [0.15, 0.2) is 72.8 Å². The third-order valence-electron chi connectivity index (χ3n) is 8.39. The minimum Gasteiger partial charge on any atom is -0.338 e. The van der Waals surface area contributed by atoms with Crippen molar-refractivity contribution >= 4 is 50.3 Å². The molecule has 0 saturated heterocycles. The Morgan fingerprint density at radius 2 is 1.58 bits per heavy atom. The average Bonchev–Trinajstić information content (AvgIpc) is 3.20. The summed E-state index contributed by atoms with van der Waals surface area (Å²) < 4.78 is 2.50. The second-order valence-electron chi connectivity index (χ2n) is 12.1. The highest BCUT2D eigenvalue weighted by Crippen LogP contribution is 2.47. The van der Waals surface area contributed by atoms with Crippen LogP contribution in [0.2, 0.25) is 0 Å². The zero-order valence-corrected chi connectivity index (χ0v) is 21.9. The van der Waals surface area contributed by atoms with Crippen LogP contribution in [0.25, 0.3) is 50.3 Å². The highest BCUT2D eigenvalue weighted by Gasteiger charge is 2.30. The molecule has 1 heterocycles. The van der Waals surface area contributed by atoms with Crippen molar-refractivity contribution in [2.75, 3.05) is 0 Å². The molecule has 0 saturated carbocycles. The molecule has 1 nitrogen and oxygen atoms in total. The fourth-order valence-corrected chi connectivity index (χ4v) is 6.76. The van der Waals surface area contributed by atoms with Crippen LogP contribution in [0.4, 0.5) is 0 Å². The quantitative estimate of drug-likeness (QED) is 0.243. The third-order valence-corrected chi connectivity index (χ3v) is 8.39. The van der Waals surface area contributed by atoms with Crippen molar-refractivity contribution in [3.05, 3.63) is 101 Å². The summed E-state index contributed by atoms with van der Waals surface area (Å²) in [6, 6.07) is 25.8. The van der Waals surface area contributed by atoms with Gasteiger partial charge in [-0.15, -0.1) is 0 Å². The lowest BCUT2D eigenvalue weighted by molar-refractivity contribution is 0.368. The molecule has 0 aliphatic heterocycles. The summed E-state index contributed by atoms with van der Waals surface area (Å²) in [5.74, 6) is 0.444. The number of allylic oxidation sites excluding steroid dienone is 2. The van der Waals surface area contributed by atoms with E-state index in [9.17, 15) is 0 Å². The summed E-state index contributed by atoms with van der Waals surface area (Å²) in [4.78, 5) is 0. The van der Waals surface area contributed by atoms with Gasteiger partial charge in [0.25, 0.3) is 0 Å². The lowest BCUT2D eigenvalue weighted by Crippen LogP contribution is -2.19. The lowest BCUT2D eigenvalue weighted by Gasteiger charge is -2.33. The smallest absolute Gasteiger partial charge is 0.0499 e. The molecule has 0 amide bonds. The Hall–Kier alpha value is -3.58. The van der Waals surface area contributed by atoms with Crippen LogP contribution in [0.5, 0.6) is 0 Å². The first-order valence-electron chi connectivity index (χ1n) is 13.3. The predicted molar refractivity (Wildman–Crippen MR) is 157 cm³/mol. The molecule has 0 fully saturated rings. The van der Waals surface area contributed by atoms with E-state index in [1.807, 2.05) is 0 Å². The first-order chi connectivity index (χ1) is 17.3. The maximum Gasteiger partial charge on any atom is 0.0499 e.